The van der Waals surface area contributed by atoms with Gasteiger partial charge in [-0.15, -0.1) is 0 Å². The van der Waals surface area contributed by atoms with E-state index in [0.717, 1.165) is 40.6 Å². The molecule has 1 aromatic carbocycles. The molecule has 0 spiro atoms. The van der Waals surface area contributed by atoms with E-state index in [2.05, 4.69) is 15.4 Å². The Labute approximate surface area is 190 Å². The first-order chi connectivity index (χ1) is 14.8. The Bertz CT molecular complexity index is 1130. The van der Waals surface area contributed by atoms with Crippen molar-refractivity contribution in [1.29, 1.82) is 0 Å². The summed E-state index contributed by atoms with van der Waals surface area (Å²) in [5, 5.41) is 9.19. The highest BCUT2D eigenvalue weighted by atomic mass is 35.5. The van der Waals surface area contributed by atoms with Crippen LogP contribution in [-0.2, 0) is 16.0 Å². The number of nitrogens with zero attached hydrogens (tertiary/aromatic N) is 3. The number of H-pyrrole nitrogens is 1. The third-order valence-electron chi connectivity index (χ3n) is 5.88. The lowest BCUT2D eigenvalue weighted by Crippen LogP contribution is -2.47. The zero-order valence-corrected chi connectivity index (χ0v) is 19.1. The Morgan fingerprint density at radius 2 is 1.90 bits per heavy atom. The second-order valence-corrected chi connectivity index (χ2v) is 8.85. The standard InChI is InChI=1S/C22H25Cl2N5O2/c1-13-11-26-29(12-13)15-6-9-28(10-7-15)22(31)21(30)25-8-5-16-14(2)27-20-18(24)4-3-17(23)19(16)20/h3-4,11-12,15,27H,5-10H2,1-2H3,(H,25,30). The van der Waals surface area contributed by atoms with Gasteiger partial charge < -0.3 is 15.2 Å². The van der Waals surface area contributed by atoms with Crippen molar-refractivity contribution < 1.29 is 9.59 Å². The van der Waals surface area contributed by atoms with Crippen molar-refractivity contribution >= 4 is 45.9 Å². The number of piperidine rings is 1. The predicted molar refractivity (Wildman–Crippen MR) is 122 cm³/mol. The third-order valence-corrected chi connectivity index (χ3v) is 6.51. The minimum atomic E-state index is -0.574. The molecule has 1 fully saturated rings. The molecule has 9 heteroatoms. The highest BCUT2D eigenvalue weighted by Gasteiger charge is 2.28. The number of likely N-dealkylation sites (tertiary alicyclic amines) is 1. The van der Waals surface area contributed by atoms with Gasteiger partial charge in [-0.05, 0) is 56.4 Å². The van der Waals surface area contributed by atoms with Gasteiger partial charge >= 0.3 is 11.8 Å². The van der Waals surface area contributed by atoms with Crippen molar-refractivity contribution in [1.82, 2.24) is 25.0 Å². The molecular formula is C22H25Cl2N5O2. The van der Waals surface area contributed by atoms with Crippen LogP contribution >= 0.6 is 23.2 Å². The van der Waals surface area contributed by atoms with E-state index in [0.29, 0.717) is 36.1 Å². The molecule has 164 valence electrons. The molecule has 2 aromatic heterocycles. The maximum absolute atomic E-state index is 12.6. The lowest BCUT2D eigenvalue weighted by atomic mass is 10.1. The minimum Gasteiger partial charge on any atom is -0.357 e. The van der Waals surface area contributed by atoms with Gasteiger partial charge in [0.15, 0.2) is 0 Å². The quantitative estimate of drug-likeness (QED) is 0.579. The second kappa shape index (κ2) is 8.93. The maximum Gasteiger partial charge on any atom is 0.311 e. The molecule has 2 N–H and O–H groups in total. The number of hydrogen-bond donors (Lipinski definition) is 2. The second-order valence-electron chi connectivity index (χ2n) is 8.03. The smallest absolute Gasteiger partial charge is 0.311 e. The van der Waals surface area contributed by atoms with Gasteiger partial charge in [-0.25, -0.2) is 0 Å². The average Bonchev–Trinajstić information content (AvgIpc) is 3.34. The van der Waals surface area contributed by atoms with Crippen molar-refractivity contribution in [2.75, 3.05) is 19.6 Å². The van der Waals surface area contributed by atoms with Crippen LogP contribution in [0.15, 0.2) is 24.5 Å². The number of halogens is 2. The predicted octanol–water partition coefficient (Wildman–Crippen LogP) is 3.81. The molecule has 0 saturated carbocycles. The Morgan fingerprint density at radius 3 is 2.58 bits per heavy atom. The van der Waals surface area contributed by atoms with Crippen LogP contribution in [0.5, 0.6) is 0 Å². The van der Waals surface area contributed by atoms with Crippen LogP contribution in [0.3, 0.4) is 0 Å². The number of amides is 2. The van der Waals surface area contributed by atoms with E-state index >= 15 is 0 Å². The topological polar surface area (TPSA) is 83.0 Å². The number of nitrogens with one attached hydrogen (secondary N) is 2. The van der Waals surface area contributed by atoms with Crippen molar-refractivity contribution in [3.05, 3.63) is 51.4 Å². The number of aromatic amines is 1. The van der Waals surface area contributed by atoms with Crippen LogP contribution < -0.4 is 5.32 Å². The van der Waals surface area contributed by atoms with Crippen LogP contribution in [-0.4, -0.2) is 51.1 Å². The number of benzene rings is 1. The molecule has 7 nitrogen and oxygen atoms in total. The summed E-state index contributed by atoms with van der Waals surface area (Å²) >= 11 is 12.6. The van der Waals surface area contributed by atoms with E-state index < -0.39 is 11.8 Å². The first-order valence-electron chi connectivity index (χ1n) is 10.4. The van der Waals surface area contributed by atoms with Crippen molar-refractivity contribution in [2.45, 2.75) is 39.2 Å². The van der Waals surface area contributed by atoms with E-state index in [1.165, 1.54) is 0 Å². The summed E-state index contributed by atoms with van der Waals surface area (Å²) in [6.07, 6.45) is 5.97. The summed E-state index contributed by atoms with van der Waals surface area (Å²) in [5.41, 5.74) is 3.85. The molecule has 2 amide bonds. The van der Waals surface area contributed by atoms with Crippen molar-refractivity contribution in [3.63, 3.8) is 0 Å². The number of aryl methyl sites for hydroxylation is 2. The zero-order chi connectivity index (χ0) is 22.1. The van der Waals surface area contributed by atoms with Crippen LogP contribution in [0, 0.1) is 13.8 Å². The number of carbonyl (C=O) groups excluding carboxylic acids is 2. The van der Waals surface area contributed by atoms with E-state index in [-0.39, 0.29) is 6.04 Å². The Hall–Kier alpha value is -2.51. The van der Waals surface area contributed by atoms with Gasteiger partial charge in [0.05, 0.1) is 27.8 Å². The van der Waals surface area contributed by atoms with Gasteiger partial charge in [0.25, 0.3) is 0 Å². The zero-order valence-electron chi connectivity index (χ0n) is 17.5. The molecule has 1 aliphatic heterocycles. The summed E-state index contributed by atoms with van der Waals surface area (Å²) in [5.74, 6) is -1.05. The molecule has 1 saturated heterocycles. The Balaban J connectivity index is 1.32. The molecule has 0 unspecified atom stereocenters. The fraction of sp³-hybridized carbons (Fsp3) is 0.409. The normalized spacial score (nSPS) is 14.9. The molecule has 0 radical (unpaired) electrons. The molecule has 31 heavy (non-hydrogen) atoms. The van der Waals surface area contributed by atoms with Gasteiger partial charge in [-0.2, -0.15) is 5.10 Å². The number of carbonyl (C=O) groups is 2. The van der Waals surface area contributed by atoms with Crippen molar-refractivity contribution in [2.24, 2.45) is 0 Å². The lowest BCUT2D eigenvalue weighted by Gasteiger charge is -2.31. The maximum atomic E-state index is 12.6. The van der Waals surface area contributed by atoms with E-state index in [9.17, 15) is 9.59 Å². The Kier molecular flexibility index (Phi) is 6.25. The highest BCUT2D eigenvalue weighted by molar-refractivity contribution is 6.40. The monoisotopic (exact) mass is 461 g/mol. The Morgan fingerprint density at radius 1 is 1.19 bits per heavy atom. The van der Waals surface area contributed by atoms with Gasteiger partial charge in [0, 0.05) is 36.9 Å². The fourth-order valence-electron chi connectivity index (χ4n) is 4.22. The summed E-state index contributed by atoms with van der Waals surface area (Å²) < 4.78 is 1.96. The van der Waals surface area contributed by atoms with Crippen LogP contribution in [0.2, 0.25) is 10.0 Å². The first kappa shape index (κ1) is 21.7. The summed E-state index contributed by atoms with van der Waals surface area (Å²) in [6.45, 7) is 5.38. The largest absolute Gasteiger partial charge is 0.357 e. The fourth-order valence-corrected chi connectivity index (χ4v) is 4.69. The molecule has 1 aliphatic rings. The minimum absolute atomic E-state index is 0.266. The third kappa shape index (κ3) is 4.43. The van der Waals surface area contributed by atoms with Crippen LogP contribution in [0.1, 0.15) is 35.7 Å². The number of rotatable bonds is 4. The van der Waals surface area contributed by atoms with E-state index in [4.69, 9.17) is 23.2 Å². The molecule has 0 bridgehead atoms. The summed E-state index contributed by atoms with van der Waals surface area (Å²) in [6, 6.07) is 3.78. The van der Waals surface area contributed by atoms with E-state index in [1.54, 1.807) is 17.0 Å². The summed E-state index contributed by atoms with van der Waals surface area (Å²) in [7, 11) is 0. The number of aromatic nitrogens is 3. The van der Waals surface area contributed by atoms with Crippen LogP contribution in [0.25, 0.3) is 10.9 Å². The van der Waals surface area contributed by atoms with Gasteiger partial charge in [0.1, 0.15) is 0 Å². The molecule has 0 atom stereocenters. The number of fused-ring (bicyclic) bond motifs is 1. The molecule has 0 aliphatic carbocycles. The highest BCUT2D eigenvalue weighted by Crippen LogP contribution is 2.34. The molecular weight excluding hydrogens is 437 g/mol. The molecule has 4 rings (SSSR count). The van der Waals surface area contributed by atoms with Crippen LogP contribution in [0.4, 0.5) is 0 Å². The first-order valence-corrected chi connectivity index (χ1v) is 11.1. The van der Waals surface area contributed by atoms with E-state index in [1.807, 2.05) is 30.9 Å². The van der Waals surface area contributed by atoms with Gasteiger partial charge in [-0.1, -0.05) is 23.2 Å². The summed E-state index contributed by atoms with van der Waals surface area (Å²) in [4.78, 5) is 29.9. The number of hydrogen-bond acceptors (Lipinski definition) is 3. The molecule has 3 aromatic rings. The van der Waals surface area contributed by atoms with Crippen molar-refractivity contribution in [3.8, 4) is 0 Å². The lowest BCUT2D eigenvalue weighted by molar-refractivity contribution is -0.146. The average molecular weight is 462 g/mol. The molecule has 3 heterocycles. The SMILES string of the molecule is Cc1cnn(C2CCN(C(=O)C(=O)NCCc3c(C)[nH]c4c(Cl)ccc(Cl)c34)CC2)c1. The van der Waals surface area contributed by atoms with Gasteiger partial charge in [-0.3, -0.25) is 14.3 Å². The van der Waals surface area contributed by atoms with Gasteiger partial charge in [0.2, 0.25) is 0 Å².